The topological polar surface area (TPSA) is 69.6 Å². The second-order valence-corrected chi connectivity index (χ2v) is 5.39. The van der Waals surface area contributed by atoms with Crippen molar-refractivity contribution < 1.29 is 14.7 Å². The molecule has 0 saturated carbocycles. The van der Waals surface area contributed by atoms with Crippen LogP contribution in [0.4, 0.5) is 0 Å². The Balaban J connectivity index is 2.55. The summed E-state index contributed by atoms with van der Waals surface area (Å²) in [6.07, 6.45) is 1.67. The molecule has 1 heterocycles. The van der Waals surface area contributed by atoms with Crippen LogP contribution in [0.15, 0.2) is 17.5 Å². The van der Waals surface area contributed by atoms with Gasteiger partial charge in [-0.3, -0.25) is 9.59 Å². The molecule has 0 aliphatic heterocycles. The number of nitrogens with zero attached hydrogens (tertiary/aromatic N) is 1. The van der Waals surface area contributed by atoms with Crippen LogP contribution in [0.2, 0.25) is 0 Å². The molecule has 1 rings (SSSR count). The second-order valence-electron chi connectivity index (χ2n) is 4.44. The van der Waals surface area contributed by atoms with E-state index in [1.54, 1.807) is 17.0 Å². The first-order chi connectivity index (χ1) is 9.63. The van der Waals surface area contributed by atoms with E-state index in [2.05, 4.69) is 5.32 Å². The molecule has 5 nitrogen and oxygen atoms in total. The van der Waals surface area contributed by atoms with Gasteiger partial charge in [0.05, 0.1) is 18.0 Å². The Morgan fingerprint density at radius 1 is 1.40 bits per heavy atom. The molecule has 0 atom stereocenters. The molecule has 0 aliphatic carbocycles. The van der Waals surface area contributed by atoms with Gasteiger partial charge in [-0.25, -0.2) is 0 Å². The zero-order valence-corrected chi connectivity index (χ0v) is 12.8. The van der Waals surface area contributed by atoms with Gasteiger partial charge in [-0.2, -0.15) is 0 Å². The van der Waals surface area contributed by atoms with Crippen LogP contribution in [-0.4, -0.2) is 47.6 Å². The maximum Gasteiger partial charge on any atom is 0.261 e. The van der Waals surface area contributed by atoms with Crippen molar-refractivity contribution >= 4 is 23.2 Å². The van der Waals surface area contributed by atoms with Crippen molar-refractivity contribution in [2.24, 2.45) is 0 Å². The molecule has 1 aromatic rings. The largest absolute Gasteiger partial charge is 0.395 e. The monoisotopic (exact) mass is 298 g/mol. The molecule has 0 aromatic carbocycles. The van der Waals surface area contributed by atoms with Crippen molar-refractivity contribution in [2.45, 2.75) is 32.7 Å². The highest BCUT2D eigenvalue weighted by atomic mass is 32.1. The predicted octanol–water partition coefficient (Wildman–Crippen LogP) is 1.49. The summed E-state index contributed by atoms with van der Waals surface area (Å²) in [5, 5.41) is 13.5. The first kappa shape index (κ1) is 16.7. The molecule has 20 heavy (non-hydrogen) atoms. The molecule has 0 unspecified atom stereocenters. The smallest absolute Gasteiger partial charge is 0.261 e. The van der Waals surface area contributed by atoms with Crippen molar-refractivity contribution in [1.82, 2.24) is 10.2 Å². The van der Waals surface area contributed by atoms with E-state index in [4.69, 9.17) is 5.11 Å². The number of carbonyl (C=O) groups excluding carboxylic acids is 2. The average molecular weight is 298 g/mol. The minimum Gasteiger partial charge on any atom is -0.395 e. The lowest BCUT2D eigenvalue weighted by atomic mass is 10.1. The van der Waals surface area contributed by atoms with Crippen LogP contribution in [0.3, 0.4) is 0 Å². The van der Waals surface area contributed by atoms with Crippen LogP contribution in [0.5, 0.6) is 0 Å². The molecule has 2 amide bonds. The summed E-state index contributed by atoms with van der Waals surface area (Å²) in [7, 11) is 0. The fourth-order valence-electron chi connectivity index (χ4n) is 2.10. The quantitative estimate of drug-likeness (QED) is 0.764. The molecule has 2 N–H and O–H groups in total. The number of aliphatic hydroxyl groups is 1. The SMILES string of the molecule is CCC(CC)N(CCO)C(=O)CNC(=O)c1cccs1. The number of amides is 2. The van der Waals surface area contributed by atoms with Gasteiger partial charge in [0.25, 0.3) is 5.91 Å². The molecule has 0 spiro atoms. The molecule has 0 radical (unpaired) electrons. The number of hydrogen-bond acceptors (Lipinski definition) is 4. The zero-order chi connectivity index (χ0) is 15.0. The van der Waals surface area contributed by atoms with Gasteiger partial charge in [-0.15, -0.1) is 11.3 Å². The fourth-order valence-corrected chi connectivity index (χ4v) is 2.74. The zero-order valence-electron chi connectivity index (χ0n) is 12.0. The third kappa shape index (κ3) is 4.61. The number of thiophene rings is 1. The van der Waals surface area contributed by atoms with Crippen LogP contribution in [0.25, 0.3) is 0 Å². The first-order valence-electron chi connectivity index (χ1n) is 6.86. The summed E-state index contributed by atoms with van der Waals surface area (Å²) in [6.45, 7) is 4.22. The van der Waals surface area contributed by atoms with Crippen molar-refractivity contribution in [2.75, 3.05) is 19.7 Å². The van der Waals surface area contributed by atoms with Crippen LogP contribution < -0.4 is 5.32 Å². The van der Waals surface area contributed by atoms with Gasteiger partial charge in [0.1, 0.15) is 0 Å². The van der Waals surface area contributed by atoms with E-state index in [-0.39, 0.29) is 31.0 Å². The number of aliphatic hydroxyl groups excluding tert-OH is 1. The predicted molar refractivity (Wildman–Crippen MR) is 79.8 cm³/mol. The Morgan fingerprint density at radius 3 is 2.60 bits per heavy atom. The van der Waals surface area contributed by atoms with E-state index in [0.717, 1.165) is 12.8 Å². The highest BCUT2D eigenvalue weighted by Gasteiger charge is 2.21. The average Bonchev–Trinajstić information content (AvgIpc) is 2.99. The van der Waals surface area contributed by atoms with Gasteiger partial charge in [0.15, 0.2) is 0 Å². The summed E-state index contributed by atoms with van der Waals surface area (Å²) in [5.74, 6) is -0.389. The lowest BCUT2D eigenvalue weighted by molar-refractivity contribution is -0.133. The molecule has 0 aliphatic rings. The fraction of sp³-hybridized carbons (Fsp3) is 0.571. The van der Waals surface area contributed by atoms with Crippen molar-refractivity contribution in [1.29, 1.82) is 0 Å². The third-order valence-corrected chi connectivity index (χ3v) is 4.06. The minimum atomic E-state index is -0.234. The number of carbonyl (C=O) groups is 2. The number of hydrogen-bond donors (Lipinski definition) is 2. The third-order valence-electron chi connectivity index (χ3n) is 3.19. The van der Waals surface area contributed by atoms with Gasteiger partial charge in [-0.1, -0.05) is 19.9 Å². The molecule has 0 fully saturated rings. The molecule has 0 saturated heterocycles. The standard InChI is InChI=1S/C14H22N2O3S/c1-3-11(4-2)16(7-8-17)13(18)10-15-14(19)12-6-5-9-20-12/h5-6,9,11,17H,3-4,7-8,10H2,1-2H3,(H,15,19). The van der Waals surface area contributed by atoms with Gasteiger partial charge in [-0.05, 0) is 24.3 Å². The highest BCUT2D eigenvalue weighted by Crippen LogP contribution is 2.09. The van der Waals surface area contributed by atoms with Gasteiger partial charge >= 0.3 is 0 Å². The summed E-state index contributed by atoms with van der Waals surface area (Å²) >= 11 is 1.34. The maximum atomic E-state index is 12.2. The Labute approximate surface area is 123 Å². The van der Waals surface area contributed by atoms with Crippen molar-refractivity contribution in [3.63, 3.8) is 0 Å². The van der Waals surface area contributed by atoms with Crippen LogP contribution in [-0.2, 0) is 4.79 Å². The summed E-state index contributed by atoms with van der Waals surface area (Å²) < 4.78 is 0. The highest BCUT2D eigenvalue weighted by molar-refractivity contribution is 7.12. The Bertz CT molecular complexity index is 416. The molecule has 0 bridgehead atoms. The van der Waals surface area contributed by atoms with Gasteiger partial charge < -0.3 is 15.3 Å². The van der Waals surface area contributed by atoms with Gasteiger partial charge in [0, 0.05) is 12.6 Å². The lowest BCUT2D eigenvalue weighted by Crippen LogP contribution is -2.46. The molecule has 6 heteroatoms. The van der Waals surface area contributed by atoms with Crippen LogP contribution in [0, 0.1) is 0 Å². The van der Waals surface area contributed by atoms with Gasteiger partial charge in [0.2, 0.25) is 5.91 Å². The lowest BCUT2D eigenvalue weighted by Gasteiger charge is -2.30. The molecular formula is C14H22N2O3S. The summed E-state index contributed by atoms with van der Waals surface area (Å²) in [6, 6.07) is 3.62. The second kappa shape index (κ2) is 8.71. The van der Waals surface area contributed by atoms with E-state index >= 15 is 0 Å². The normalized spacial score (nSPS) is 10.6. The summed E-state index contributed by atoms with van der Waals surface area (Å²) in [4.78, 5) is 26.2. The number of rotatable bonds is 8. The van der Waals surface area contributed by atoms with E-state index < -0.39 is 0 Å². The van der Waals surface area contributed by atoms with E-state index in [1.165, 1.54) is 11.3 Å². The Kier molecular flexibility index (Phi) is 7.25. The van der Waals surface area contributed by atoms with Crippen LogP contribution in [0.1, 0.15) is 36.4 Å². The maximum absolute atomic E-state index is 12.2. The Hall–Kier alpha value is -1.40. The van der Waals surface area contributed by atoms with E-state index in [0.29, 0.717) is 11.4 Å². The molecular weight excluding hydrogens is 276 g/mol. The van der Waals surface area contributed by atoms with Crippen molar-refractivity contribution in [3.05, 3.63) is 22.4 Å². The molecule has 1 aromatic heterocycles. The van der Waals surface area contributed by atoms with Crippen molar-refractivity contribution in [3.8, 4) is 0 Å². The Morgan fingerprint density at radius 2 is 2.10 bits per heavy atom. The molecule has 112 valence electrons. The van der Waals surface area contributed by atoms with Crippen LogP contribution >= 0.6 is 11.3 Å². The first-order valence-corrected chi connectivity index (χ1v) is 7.74. The van der Waals surface area contributed by atoms with E-state index in [9.17, 15) is 9.59 Å². The summed E-state index contributed by atoms with van der Waals surface area (Å²) in [5.41, 5.74) is 0. The minimum absolute atomic E-state index is 0.0345. The number of nitrogens with one attached hydrogen (secondary N) is 1. The van der Waals surface area contributed by atoms with E-state index in [1.807, 2.05) is 19.2 Å².